The second-order valence-corrected chi connectivity index (χ2v) is 3.56. The first kappa shape index (κ1) is 10.6. The molecule has 0 radical (unpaired) electrons. The molecule has 1 fully saturated rings. The highest BCUT2D eigenvalue weighted by Crippen LogP contribution is 2.09. The van der Waals surface area contributed by atoms with Gasteiger partial charge in [-0.3, -0.25) is 9.59 Å². The van der Waals surface area contributed by atoms with Gasteiger partial charge in [0.1, 0.15) is 6.04 Å². The minimum absolute atomic E-state index is 0.243. The highest BCUT2D eigenvalue weighted by molar-refractivity contribution is 5.83. The van der Waals surface area contributed by atoms with E-state index in [2.05, 4.69) is 15.3 Å². The second kappa shape index (κ2) is 4.31. The number of hydrogen-bond acceptors (Lipinski definition) is 5. The maximum atomic E-state index is 11.6. The molecule has 0 bridgehead atoms. The van der Waals surface area contributed by atoms with Gasteiger partial charge in [-0.05, 0) is 0 Å². The fourth-order valence-electron chi connectivity index (χ4n) is 1.76. The van der Waals surface area contributed by atoms with Gasteiger partial charge in [-0.2, -0.15) is 0 Å². The molecule has 2 heterocycles. The van der Waals surface area contributed by atoms with Crippen molar-refractivity contribution in [2.45, 2.75) is 6.04 Å². The summed E-state index contributed by atoms with van der Waals surface area (Å²) < 4.78 is 0. The molecule has 0 aliphatic carbocycles. The van der Waals surface area contributed by atoms with Crippen molar-refractivity contribution >= 4 is 11.7 Å². The summed E-state index contributed by atoms with van der Waals surface area (Å²) in [5.41, 5.74) is 4.97. The summed E-state index contributed by atoms with van der Waals surface area (Å²) in [6, 6.07) is -0.523. The van der Waals surface area contributed by atoms with E-state index in [-0.39, 0.29) is 11.4 Å². The van der Waals surface area contributed by atoms with Crippen molar-refractivity contribution in [2.75, 3.05) is 24.5 Å². The zero-order valence-corrected chi connectivity index (χ0v) is 8.64. The van der Waals surface area contributed by atoms with Crippen LogP contribution in [0.5, 0.6) is 0 Å². The minimum atomic E-state index is -0.523. The first-order chi connectivity index (χ1) is 7.70. The molecule has 1 saturated heterocycles. The second-order valence-electron chi connectivity index (χ2n) is 3.56. The Morgan fingerprint density at radius 1 is 1.62 bits per heavy atom. The number of hydrogen-bond donors (Lipinski definition) is 3. The highest BCUT2D eigenvalue weighted by atomic mass is 16.1. The van der Waals surface area contributed by atoms with Crippen LogP contribution in [0.2, 0.25) is 0 Å². The Labute approximate surface area is 91.7 Å². The number of aromatic amines is 1. The molecular weight excluding hydrogens is 210 g/mol. The zero-order chi connectivity index (χ0) is 11.5. The molecule has 2 rings (SSSR count). The van der Waals surface area contributed by atoms with Crippen LogP contribution in [0.25, 0.3) is 0 Å². The number of primary amides is 1. The molecule has 0 aromatic carbocycles. The molecule has 16 heavy (non-hydrogen) atoms. The Kier molecular flexibility index (Phi) is 2.86. The van der Waals surface area contributed by atoms with Gasteiger partial charge in [0.25, 0.3) is 5.56 Å². The van der Waals surface area contributed by atoms with Gasteiger partial charge < -0.3 is 20.9 Å². The largest absolute Gasteiger partial charge is 0.368 e. The molecular formula is C9H13N5O2. The summed E-state index contributed by atoms with van der Waals surface area (Å²) in [6.45, 7) is 1.67. The number of carbonyl (C=O) groups excluding carboxylic acids is 1. The maximum Gasteiger partial charge on any atom is 0.290 e. The molecule has 1 unspecified atom stereocenters. The lowest BCUT2D eigenvalue weighted by molar-refractivity contribution is -0.119. The van der Waals surface area contributed by atoms with Crippen LogP contribution >= 0.6 is 0 Å². The van der Waals surface area contributed by atoms with E-state index in [0.29, 0.717) is 19.6 Å². The molecule has 4 N–H and O–H groups in total. The fourth-order valence-corrected chi connectivity index (χ4v) is 1.76. The molecule has 1 amide bonds. The van der Waals surface area contributed by atoms with Crippen molar-refractivity contribution in [1.29, 1.82) is 0 Å². The van der Waals surface area contributed by atoms with Crippen molar-refractivity contribution in [3.8, 4) is 0 Å². The Morgan fingerprint density at radius 3 is 3.12 bits per heavy atom. The summed E-state index contributed by atoms with van der Waals surface area (Å²) in [4.78, 5) is 30.9. The number of rotatable bonds is 2. The molecule has 1 aliphatic heterocycles. The number of anilines is 1. The highest BCUT2D eigenvalue weighted by Gasteiger charge is 2.29. The summed E-state index contributed by atoms with van der Waals surface area (Å²) >= 11 is 0. The summed E-state index contributed by atoms with van der Waals surface area (Å²) in [5, 5.41) is 3.05. The Balaban J connectivity index is 2.34. The number of nitrogens with zero attached hydrogens (tertiary/aromatic N) is 2. The van der Waals surface area contributed by atoms with Crippen LogP contribution in [0, 0.1) is 0 Å². The molecule has 7 heteroatoms. The van der Waals surface area contributed by atoms with Gasteiger partial charge >= 0.3 is 0 Å². The third-order valence-electron chi connectivity index (χ3n) is 2.53. The third kappa shape index (κ3) is 1.89. The summed E-state index contributed by atoms with van der Waals surface area (Å²) in [5.74, 6) is -0.218. The van der Waals surface area contributed by atoms with E-state index in [4.69, 9.17) is 5.73 Å². The summed E-state index contributed by atoms with van der Waals surface area (Å²) in [7, 11) is 0. The van der Waals surface area contributed by atoms with Crippen LogP contribution < -0.4 is 21.5 Å². The lowest BCUT2D eigenvalue weighted by Crippen LogP contribution is -2.58. The number of nitrogens with two attached hydrogens (primary N) is 1. The van der Waals surface area contributed by atoms with Gasteiger partial charge in [-0.1, -0.05) is 0 Å². The van der Waals surface area contributed by atoms with Gasteiger partial charge in [-0.25, -0.2) is 4.98 Å². The third-order valence-corrected chi connectivity index (χ3v) is 2.53. The van der Waals surface area contributed by atoms with Crippen molar-refractivity contribution in [2.24, 2.45) is 5.73 Å². The zero-order valence-electron chi connectivity index (χ0n) is 8.64. The molecule has 0 spiro atoms. The van der Waals surface area contributed by atoms with Crippen LogP contribution in [0.4, 0.5) is 5.82 Å². The molecule has 1 aromatic rings. The van der Waals surface area contributed by atoms with E-state index >= 15 is 0 Å². The first-order valence-electron chi connectivity index (χ1n) is 5.00. The van der Waals surface area contributed by atoms with E-state index in [1.165, 1.54) is 12.4 Å². The Bertz CT molecular complexity index is 444. The van der Waals surface area contributed by atoms with Crippen molar-refractivity contribution in [3.63, 3.8) is 0 Å². The number of carbonyl (C=O) groups is 1. The number of amides is 1. The van der Waals surface area contributed by atoms with Crippen LogP contribution in [-0.4, -0.2) is 41.6 Å². The lowest BCUT2D eigenvalue weighted by Gasteiger charge is -2.34. The Morgan fingerprint density at radius 2 is 2.44 bits per heavy atom. The van der Waals surface area contributed by atoms with Crippen LogP contribution in [0.1, 0.15) is 0 Å². The molecule has 0 saturated carbocycles. The molecule has 86 valence electrons. The van der Waals surface area contributed by atoms with Crippen LogP contribution in [-0.2, 0) is 4.79 Å². The average Bonchev–Trinajstić information content (AvgIpc) is 2.29. The van der Waals surface area contributed by atoms with E-state index in [9.17, 15) is 9.59 Å². The number of piperazine rings is 1. The van der Waals surface area contributed by atoms with Crippen molar-refractivity contribution in [1.82, 2.24) is 15.3 Å². The fraction of sp³-hybridized carbons (Fsp3) is 0.444. The standard InChI is InChI=1S/C9H13N5O2/c10-7(15)6-5-11-3-4-14(6)8-9(16)13-2-1-12-8/h1-2,6,11H,3-5H2,(H2,10,15)(H,13,16). The van der Waals surface area contributed by atoms with Crippen molar-refractivity contribution in [3.05, 3.63) is 22.7 Å². The molecule has 1 aliphatic rings. The predicted molar refractivity (Wildman–Crippen MR) is 58.1 cm³/mol. The topological polar surface area (TPSA) is 104 Å². The average molecular weight is 223 g/mol. The molecule has 7 nitrogen and oxygen atoms in total. The van der Waals surface area contributed by atoms with Gasteiger partial charge in [0.05, 0.1) is 0 Å². The number of H-pyrrole nitrogens is 1. The Hall–Kier alpha value is -1.89. The monoisotopic (exact) mass is 223 g/mol. The van der Waals surface area contributed by atoms with Gasteiger partial charge in [-0.15, -0.1) is 0 Å². The van der Waals surface area contributed by atoms with Gasteiger partial charge in [0.15, 0.2) is 5.82 Å². The van der Waals surface area contributed by atoms with Gasteiger partial charge in [0.2, 0.25) is 5.91 Å². The van der Waals surface area contributed by atoms with E-state index < -0.39 is 11.9 Å². The molecule has 1 atom stereocenters. The van der Waals surface area contributed by atoms with E-state index in [1.807, 2.05) is 0 Å². The molecule has 1 aromatic heterocycles. The number of nitrogens with one attached hydrogen (secondary N) is 2. The van der Waals surface area contributed by atoms with Crippen LogP contribution in [0.15, 0.2) is 17.2 Å². The van der Waals surface area contributed by atoms with Crippen molar-refractivity contribution < 1.29 is 4.79 Å². The normalized spacial score (nSPS) is 20.8. The minimum Gasteiger partial charge on any atom is -0.368 e. The lowest BCUT2D eigenvalue weighted by atomic mass is 10.2. The SMILES string of the molecule is NC(=O)C1CNCCN1c1ncc[nH]c1=O. The van der Waals surface area contributed by atoms with E-state index in [1.54, 1.807) is 4.90 Å². The smallest absolute Gasteiger partial charge is 0.290 e. The quantitative estimate of drug-likeness (QED) is 0.539. The number of aromatic nitrogens is 2. The maximum absolute atomic E-state index is 11.6. The van der Waals surface area contributed by atoms with E-state index in [0.717, 1.165) is 0 Å². The predicted octanol–water partition coefficient (Wildman–Crippen LogP) is -1.97. The van der Waals surface area contributed by atoms with Gasteiger partial charge in [0, 0.05) is 32.0 Å². The van der Waals surface area contributed by atoms with Crippen LogP contribution in [0.3, 0.4) is 0 Å². The first-order valence-corrected chi connectivity index (χ1v) is 5.00. The summed E-state index contributed by atoms with van der Waals surface area (Å²) in [6.07, 6.45) is 2.93.